The van der Waals surface area contributed by atoms with Crippen molar-refractivity contribution in [3.8, 4) is 0 Å². The van der Waals surface area contributed by atoms with Gasteiger partial charge < -0.3 is 10.6 Å². The molecule has 3 aromatic carbocycles. The zero-order valence-electron chi connectivity index (χ0n) is 16.6. The highest BCUT2D eigenvalue weighted by molar-refractivity contribution is 9.10. The first-order valence-electron chi connectivity index (χ1n) is 9.30. The lowest BCUT2D eigenvalue weighted by molar-refractivity contribution is -0.136. The van der Waals surface area contributed by atoms with Crippen LogP contribution in [-0.2, 0) is 9.59 Å². The number of aryl methyl sites for hydroxylation is 1. The van der Waals surface area contributed by atoms with Gasteiger partial charge in [0.25, 0.3) is 5.91 Å². The van der Waals surface area contributed by atoms with Crippen molar-refractivity contribution in [1.82, 2.24) is 5.43 Å². The summed E-state index contributed by atoms with van der Waals surface area (Å²) in [6.45, 7) is 1.95. The molecule has 0 fully saturated rings. The second kappa shape index (κ2) is 10.3. The molecule has 0 aliphatic carbocycles. The molecule has 156 valence electrons. The molecule has 31 heavy (non-hydrogen) atoms. The number of nitrogens with one attached hydrogen (secondary N) is 3. The Labute approximate surface area is 187 Å². The summed E-state index contributed by atoms with van der Waals surface area (Å²) in [6, 6.07) is 21.0. The third kappa shape index (κ3) is 6.10. The van der Waals surface area contributed by atoms with E-state index in [1.165, 1.54) is 6.21 Å². The number of hydrogen-bond acceptors (Lipinski definition) is 4. The minimum atomic E-state index is -0.961. The molecule has 0 saturated carbocycles. The molecule has 0 heterocycles. The summed E-state index contributed by atoms with van der Waals surface area (Å²) in [4.78, 5) is 37.0. The van der Waals surface area contributed by atoms with Gasteiger partial charge in [-0.05, 0) is 37.3 Å². The maximum Gasteiger partial charge on any atom is 0.329 e. The van der Waals surface area contributed by atoms with Gasteiger partial charge in [-0.1, -0.05) is 64.0 Å². The normalized spacial score (nSPS) is 10.5. The van der Waals surface area contributed by atoms with Crippen molar-refractivity contribution < 1.29 is 14.4 Å². The van der Waals surface area contributed by atoms with Crippen molar-refractivity contribution in [2.75, 3.05) is 10.6 Å². The number of carbonyl (C=O) groups is 3. The molecular formula is C23H19BrN4O3. The van der Waals surface area contributed by atoms with Gasteiger partial charge >= 0.3 is 11.8 Å². The topological polar surface area (TPSA) is 99.7 Å². The van der Waals surface area contributed by atoms with Crippen LogP contribution < -0.4 is 16.1 Å². The molecule has 7 nitrogen and oxygen atoms in total. The Hall–Kier alpha value is -3.78. The van der Waals surface area contributed by atoms with Crippen molar-refractivity contribution >= 4 is 51.2 Å². The predicted molar refractivity (Wildman–Crippen MR) is 124 cm³/mol. The summed E-state index contributed by atoms with van der Waals surface area (Å²) >= 11 is 3.36. The fourth-order valence-corrected chi connectivity index (χ4v) is 2.98. The Morgan fingerprint density at radius 2 is 1.52 bits per heavy atom. The SMILES string of the molecule is Cc1ccc(NC(=O)c2ccccc2NC(=O)C(=O)N/N=C\c2ccccc2Br)cc1. The van der Waals surface area contributed by atoms with E-state index in [9.17, 15) is 14.4 Å². The number of hydrogen-bond donors (Lipinski definition) is 3. The molecule has 0 atom stereocenters. The summed E-state index contributed by atoms with van der Waals surface area (Å²) in [5.41, 5.74) is 5.03. The standard InChI is InChI=1S/C23H19BrN4O3/c1-15-10-12-17(13-11-15)26-21(29)18-7-3-5-9-20(18)27-22(30)23(31)28-25-14-16-6-2-4-8-19(16)24/h2-14H,1H3,(H,26,29)(H,27,30)(H,28,31)/b25-14-. The van der Waals surface area contributed by atoms with Gasteiger partial charge in [0.2, 0.25) is 0 Å². The Bertz CT molecular complexity index is 1140. The molecule has 0 aliphatic rings. The van der Waals surface area contributed by atoms with E-state index < -0.39 is 17.7 Å². The molecule has 0 spiro atoms. The Balaban J connectivity index is 1.64. The fraction of sp³-hybridized carbons (Fsp3) is 0.0435. The maximum atomic E-state index is 12.6. The van der Waals surface area contributed by atoms with Crippen LogP contribution in [0.25, 0.3) is 0 Å². The summed E-state index contributed by atoms with van der Waals surface area (Å²) in [5, 5.41) is 9.01. The van der Waals surface area contributed by atoms with E-state index >= 15 is 0 Å². The molecule has 0 radical (unpaired) electrons. The quantitative estimate of drug-likeness (QED) is 0.292. The largest absolute Gasteiger partial charge is 0.329 e. The summed E-state index contributed by atoms with van der Waals surface area (Å²) in [6.07, 6.45) is 1.41. The predicted octanol–water partition coefficient (Wildman–Crippen LogP) is 4.10. The lowest BCUT2D eigenvalue weighted by Gasteiger charge is -2.11. The van der Waals surface area contributed by atoms with Crippen LogP contribution in [0.3, 0.4) is 0 Å². The van der Waals surface area contributed by atoms with Gasteiger partial charge in [0.05, 0.1) is 17.5 Å². The summed E-state index contributed by atoms with van der Waals surface area (Å²) in [7, 11) is 0. The lowest BCUT2D eigenvalue weighted by Crippen LogP contribution is -2.33. The van der Waals surface area contributed by atoms with Crippen molar-refractivity contribution in [2.24, 2.45) is 5.10 Å². The molecule has 3 rings (SSSR count). The monoisotopic (exact) mass is 478 g/mol. The smallest absolute Gasteiger partial charge is 0.322 e. The van der Waals surface area contributed by atoms with Gasteiger partial charge in [-0.3, -0.25) is 14.4 Å². The van der Waals surface area contributed by atoms with E-state index in [0.29, 0.717) is 5.69 Å². The molecule has 0 bridgehead atoms. The van der Waals surface area contributed by atoms with Crippen LogP contribution in [0, 0.1) is 6.92 Å². The Morgan fingerprint density at radius 1 is 0.839 bits per heavy atom. The van der Waals surface area contributed by atoms with Crippen LogP contribution in [0.15, 0.2) is 82.4 Å². The van der Waals surface area contributed by atoms with Crippen molar-refractivity contribution in [1.29, 1.82) is 0 Å². The average molecular weight is 479 g/mol. The van der Waals surface area contributed by atoms with E-state index in [1.807, 2.05) is 37.3 Å². The van der Waals surface area contributed by atoms with E-state index in [4.69, 9.17) is 0 Å². The van der Waals surface area contributed by atoms with Crippen molar-refractivity contribution in [3.05, 3.63) is 94.0 Å². The first-order chi connectivity index (χ1) is 14.9. The molecule has 3 N–H and O–H groups in total. The molecule has 0 aromatic heterocycles. The van der Waals surface area contributed by atoms with Gasteiger partial charge in [-0.15, -0.1) is 0 Å². The zero-order valence-corrected chi connectivity index (χ0v) is 18.1. The molecule has 8 heteroatoms. The van der Waals surface area contributed by atoms with Gasteiger partial charge in [0, 0.05) is 15.7 Å². The first-order valence-corrected chi connectivity index (χ1v) is 10.1. The number of amides is 3. The van der Waals surface area contributed by atoms with E-state index in [2.05, 4.69) is 37.1 Å². The van der Waals surface area contributed by atoms with Crippen molar-refractivity contribution in [2.45, 2.75) is 6.92 Å². The highest BCUT2D eigenvalue weighted by Gasteiger charge is 2.17. The number of carbonyl (C=O) groups excluding carboxylic acids is 3. The maximum absolute atomic E-state index is 12.6. The van der Waals surface area contributed by atoms with E-state index in [0.717, 1.165) is 15.6 Å². The third-order valence-electron chi connectivity index (χ3n) is 4.21. The zero-order chi connectivity index (χ0) is 22.2. The van der Waals surface area contributed by atoms with Gasteiger partial charge in [0.15, 0.2) is 0 Å². The molecular weight excluding hydrogens is 460 g/mol. The summed E-state index contributed by atoms with van der Waals surface area (Å²) in [5.74, 6) is -2.32. The van der Waals surface area contributed by atoms with Gasteiger partial charge in [-0.25, -0.2) is 5.43 Å². The number of nitrogens with zero attached hydrogens (tertiary/aromatic N) is 1. The Morgan fingerprint density at radius 3 is 2.26 bits per heavy atom. The van der Waals surface area contributed by atoms with Gasteiger partial charge in [0.1, 0.15) is 0 Å². The highest BCUT2D eigenvalue weighted by Crippen LogP contribution is 2.18. The molecule has 3 amide bonds. The minimum Gasteiger partial charge on any atom is -0.322 e. The second-order valence-corrected chi connectivity index (χ2v) is 7.39. The van der Waals surface area contributed by atoms with Gasteiger partial charge in [-0.2, -0.15) is 5.10 Å². The van der Waals surface area contributed by atoms with Crippen LogP contribution >= 0.6 is 15.9 Å². The highest BCUT2D eigenvalue weighted by atomic mass is 79.9. The van der Waals surface area contributed by atoms with Crippen molar-refractivity contribution in [3.63, 3.8) is 0 Å². The summed E-state index contributed by atoms with van der Waals surface area (Å²) < 4.78 is 0.797. The number of rotatable bonds is 5. The van der Waals surface area contributed by atoms with E-state index in [-0.39, 0.29) is 11.3 Å². The lowest BCUT2D eigenvalue weighted by atomic mass is 10.1. The molecule has 0 unspecified atom stereocenters. The Kier molecular flexibility index (Phi) is 7.29. The first kappa shape index (κ1) is 21.9. The van der Waals surface area contributed by atoms with E-state index in [1.54, 1.807) is 42.5 Å². The number of hydrazone groups is 1. The molecule has 0 saturated heterocycles. The minimum absolute atomic E-state index is 0.210. The molecule has 0 aliphatic heterocycles. The number of anilines is 2. The van der Waals surface area contributed by atoms with Crippen LogP contribution in [0.5, 0.6) is 0 Å². The van der Waals surface area contributed by atoms with Crippen LogP contribution in [-0.4, -0.2) is 23.9 Å². The van der Waals surface area contributed by atoms with Crippen LogP contribution in [0.2, 0.25) is 0 Å². The number of para-hydroxylation sites is 1. The number of halogens is 1. The van der Waals surface area contributed by atoms with Crippen LogP contribution in [0.1, 0.15) is 21.5 Å². The second-order valence-electron chi connectivity index (χ2n) is 6.54. The fourth-order valence-electron chi connectivity index (χ4n) is 2.60. The third-order valence-corrected chi connectivity index (χ3v) is 4.93. The number of benzene rings is 3. The average Bonchev–Trinajstić information content (AvgIpc) is 2.77. The molecule has 3 aromatic rings. The van der Waals surface area contributed by atoms with Crippen LogP contribution in [0.4, 0.5) is 11.4 Å².